The number of hydrogen-bond donors (Lipinski definition) is 1. The maximum Gasteiger partial charge on any atom is 0.325 e. The number of carbonyl (C=O) groups is 2. The van der Waals surface area contributed by atoms with E-state index >= 15 is 0 Å². The second-order valence-electron chi connectivity index (χ2n) is 7.63. The molecule has 0 bridgehead atoms. The molecule has 1 saturated heterocycles. The summed E-state index contributed by atoms with van der Waals surface area (Å²) >= 11 is 0. The number of aromatic nitrogens is 6. The lowest BCUT2D eigenvalue weighted by Crippen LogP contribution is -2.40. The fourth-order valence-electron chi connectivity index (χ4n) is 3.55. The Morgan fingerprint density at radius 2 is 1.94 bits per heavy atom. The smallest absolute Gasteiger partial charge is 0.325 e. The molecule has 0 radical (unpaired) electrons. The number of hydrogen-bond acceptors (Lipinski definition) is 8. The summed E-state index contributed by atoms with van der Waals surface area (Å²) in [6.45, 7) is 3.50. The van der Waals surface area contributed by atoms with Crippen molar-refractivity contribution in [1.29, 1.82) is 0 Å². The Morgan fingerprint density at radius 3 is 2.69 bits per heavy atom. The quantitative estimate of drug-likeness (QED) is 0.476. The first kappa shape index (κ1) is 19.5. The van der Waals surface area contributed by atoms with Crippen molar-refractivity contribution in [3.05, 3.63) is 71.9 Å². The number of tetrazole rings is 1. The minimum atomic E-state index is -1.26. The number of benzene rings is 2. The van der Waals surface area contributed by atoms with Gasteiger partial charge in [-0.05, 0) is 42.0 Å². The molecule has 3 amide bonds. The van der Waals surface area contributed by atoms with Gasteiger partial charge in [-0.2, -0.15) is 4.98 Å². The molecule has 4 aromatic rings. The summed E-state index contributed by atoms with van der Waals surface area (Å²) < 4.78 is 6.76. The van der Waals surface area contributed by atoms with Crippen molar-refractivity contribution in [2.24, 2.45) is 0 Å². The second-order valence-corrected chi connectivity index (χ2v) is 7.63. The van der Waals surface area contributed by atoms with Crippen molar-refractivity contribution in [2.45, 2.75) is 25.9 Å². The Kier molecular flexibility index (Phi) is 4.51. The van der Waals surface area contributed by atoms with Crippen LogP contribution in [0.1, 0.15) is 23.9 Å². The van der Waals surface area contributed by atoms with E-state index in [1.54, 1.807) is 31.2 Å². The van der Waals surface area contributed by atoms with Crippen molar-refractivity contribution in [3.63, 3.8) is 0 Å². The van der Waals surface area contributed by atoms with E-state index < -0.39 is 17.5 Å². The van der Waals surface area contributed by atoms with E-state index in [0.717, 1.165) is 16.0 Å². The predicted octanol–water partition coefficient (Wildman–Crippen LogP) is 1.99. The summed E-state index contributed by atoms with van der Waals surface area (Å²) in [5.74, 6) is 0.131. The average Bonchev–Trinajstić information content (AvgIpc) is 3.53. The molecule has 1 aliphatic heterocycles. The Labute approximate surface area is 182 Å². The zero-order valence-electron chi connectivity index (χ0n) is 17.3. The van der Waals surface area contributed by atoms with Gasteiger partial charge in [0.05, 0.1) is 5.69 Å². The van der Waals surface area contributed by atoms with Crippen molar-refractivity contribution in [1.82, 2.24) is 40.6 Å². The number of nitrogens with zero attached hydrogens (tertiary/aromatic N) is 7. The summed E-state index contributed by atoms with van der Waals surface area (Å²) in [6.07, 6.45) is 1.45. The Hall–Kier alpha value is -4.41. The van der Waals surface area contributed by atoms with Gasteiger partial charge in [-0.15, -0.1) is 5.10 Å². The highest BCUT2D eigenvalue weighted by Gasteiger charge is 2.49. The average molecular weight is 430 g/mol. The monoisotopic (exact) mass is 430 g/mol. The van der Waals surface area contributed by atoms with Gasteiger partial charge in [0.25, 0.3) is 5.91 Å². The molecular weight excluding hydrogens is 412 g/mol. The van der Waals surface area contributed by atoms with Crippen LogP contribution >= 0.6 is 0 Å². The highest BCUT2D eigenvalue weighted by molar-refractivity contribution is 6.07. The Morgan fingerprint density at radius 1 is 1.12 bits per heavy atom. The van der Waals surface area contributed by atoms with Crippen LogP contribution in [-0.2, 0) is 16.9 Å². The molecule has 2 aromatic heterocycles. The van der Waals surface area contributed by atoms with Crippen LogP contribution in [0.2, 0.25) is 0 Å². The molecule has 2 aromatic carbocycles. The molecule has 0 unspecified atom stereocenters. The standard InChI is InChI=1S/C21H18N8O3/c1-13-6-8-14(9-7-13)18-23-17(32-25-18)11-28-19(30)21(2,24-20(28)31)15-4-3-5-16(10-15)29-12-22-26-27-29/h3-10,12H,11H2,1-2H3,(H,24,31)/t21-/m0/s1. The number of carbonyl (C=O) groups excluding carboxylic acids is 2. The summed E-state index contributed by atoms with van der Waals surface area (Å²) in [5, 5.41) is 17.8. The van der Waals surface area contributed by atoms with Crippen LogP contribution < -0.4 is 5.32 Å². The van der Waals surface area contributed by atoms with E-state index in [1.807, 2.05) is 31.2 Å². The summed E-state index contributed by atoms with van der Waals surface area (Å²) in [4.78, 5) is 31.3. The SMILES string of the molecule is Cc1ccc(-c2noc(CN3C(=O)N[C@@](C)(c4cccc(-n5cnnn5)c4)C3=O)n2)cc1. The van der Waals surface area contributed by atoms with E-state index in [1.165, 1.54) is 11.0 Å². The van der Waals surface area contributed by atoms with Gasteiger partial charge in [-0.1, -0.05) is 47.1 Å². The molecule has 11 nitrogen and oxygen atoms in total. The minimum absolute atomic E-state index is 0.133. The lowest BCUT2D eigenvalue weighted by molar-refractivity contribution is -0.131. The van der Waals surface area contributed by atoms with Crippen molar-refractivity contribution in [2.75, 3.05) is 0 Å². The molecule has 1 fully saturated rings. The normalized spacial score (nSPS) is 18.2. The molecule has 0 saturated carbocycles. The van der Waals surface area contributed by atoms with Crippen molar-refractivity contribution >= 4 is 11.9 Å². The molecule has 1 atom stereocenters. The molecule has 160 valence electrons. The van der Waals surface area contributed by atoms with Crippen LogP contribution in [-0.4, -0.2) is 47.2 Å². The van der Waals surface area contributed by atoms with Gasteiger partial charge in [-0.3, -0.25) is 9.69 Å². The van der Waals surface area contributed by atoms with Gasteiger partial charge < -0.3 is 9.84 Å². The molecule has 1 N–H and O–H groups in total. The van der Waals surface area contributed by atoms with E-state index in [9.17, 15) is 9.59 Å². The molecule has 0 aliphatic carbocycles. The van der Waals surface area contributed by atoms with Gasteiger partial charge in [0.15, 0.2) is 0 Å². The zero-order chi connectivity index (χ0) is 22.3. The highest BCUT2D eigenvalue weighted by atomic mass is 16.5. The molecule has 5 rings (SSSR count). The van der Waals surface area contributed by atoms with Crippen LogP contribution in [0, 0.1) is 6.92 Å². The summed E-state index contributed by atoms with van der Waals surface area (Å²) in [6, 6.07) is 14.2. The fourth-order valence-corrected chi connectivity index (χ4v) is 3.55. The van der Waals surface area contributed by atoms with Crippen LogP contribution in [0.25, 0.3) is 17.1 Å². The maximum atomic E-state index is 13.3. The first-order valence-corrected chi connectivity index (χ1v) is 9.82. The first-order valence-electron chi connectivity index (χ1n) is 9.82. The van der Waals surface area contributed by atoms with Crippen LogP contribution in [0.15, 0.2) is 59.4 Å². The highest BCUT2D eigenvalue weighted by Crippen LogP contribution is 2.31. The lowest BCUT2D eigenvalue weighted by atomic mass is 9.91. The third-order valence-corrected chi connectivity index (χ3v) is 5.38. The Balaban J connectivity index is 1.39. The number of urea groups is 1. The van der Waals surface area contributed by atoms with Gasteiger partial charge in [-0.25, -0.2) is 9.48 Å². The van der Waals surface area contributed by atoms with E-state index in [-0.39, 0.29) is 12.4 Å². The largest absolute Gasteiger partial charge is 0.337 e. The number of aryl methyl sites for hydroxylation is 1. The van der Waals surface area contributed by atoms with Crippen LogP contribution in [0.3, 0.4) is 0 Å². The summed E-state index contributed by atoms with van der Waals surface area (Å²) in [7, 11) is 0. The molecule has 32 heavy (non-hydrogen) atoms. The van der Waals surface area contributed by atoms with Crippen LogP contribution in [0.4, 0.5) is 4.79 Å². The van der Waals surface area contributed by atoms with E-state index in [2.05, 4.69) is 31.0 Å². The lowest BCUT2D eigenvalue weighted by Gasteiger charge is -2.22. The van der Waals surface area contributed by atoms with E-state index in [4.69, 9.17) is 4.52 Å². The second kappa shape index (κ2) is 7.38. The summed E-state index contributed by atoms with van der Waals surface area (Å²) in [5.41, 5.74) is 1.89. The minimum Gasteiger partial charge on any atom is -0.337 e. The first-order chi connectivity index (χ1) is 15.4. The third kappa shape index (κ3) is 3.29. The molecule has 1 aliphatic rings. The van der Waals surface area contributed by atoms with Crippen molar-refractivity contribution < 1.29 is 14.1 Å². The van der Waals surface area contributed by atoms with Crippen molar-refractivity contribution in [3.8, 4) is 17.1 Å². The maximum absolute atomic E-state index is 13.3. The van der Waals surface area contributed by atoms with Gasteiger partial charge in [0, 0.05) is 5.56 Å². The molecular formula is C21H18N8O3. The Bertz CT molecular complexity index is 1300. The van der Waals surface area contributed by atoms with E-state index in [0.29, 0.717) is 17.1 Å². The molecule has 0 spiro atoms. The zero-order valence-corrected chi connectivity index (χ0v) is 17.3. The predicted molar refractivity (Wildman–Crippen MR) is 110 cm³/mol. The number of amides is 3. The molecule has 11 heteroatoms. The topological polar surface area (TPSA) is 132 Å². The number of nitrogens with one attached hydrogen (secondary N) is 1. The number of rotatable bonds is 5. The fraction of sp³-hybridized carbons (Fsp3) is 0.190. The molecule has 3 heterocycles. The van der Waals surface area contributed by atoms with Crippen LogP contribution in [0.5, 0.6) is 0 Å². The third-order valence-electron chi connectivity index (χ3n) is 5.38. The van der Waals surface area contributed by atoms with Gasteiger partial charge in [0.1, 0.15) is 18.4 Å². The van der Waals surface area contributed by atoms with Gasteiger partial charge >= 0.3 is 6.03 Å². The number of imide groups is 1. The van der Waals surface area contributed by atoms with Gasteiger partial charge in [0.2, 0.25) is 11.7 Å².